The third-order valence-corrected chi connectivity index (χ3v) is 12.2. The summed E-state index contributed by atoms with van der Waals surface area (Å²) in [5.41, 5.74) is 4.60. The van der Waals surface area contributed by atoms with Crippen molar-refractivity contribution in [1.82, 2.24) is 4.98 Å². The minimum absolute atomic E-state index is 0.0630. The largest absolute Gasteiger partial charge is 0.496 e. The van der Waals surface area contributed by atoms with E-state index in [-0.39, 0.29) is 42.1 Å². The van der Waals surface area contributed by atoms with Crippen LogP contribution in [0.3, 0.4) is 0 Å². The molecule has 10 nitrogen and oxygen atoms in total. The van der Waals surface area contributed by atoms with E-state index in [1.165, 1.54) is 12.7 Å². The van der Waals surface area contributed by atoms with Gasteiger partial charge in [-0.2, -0.15) is 11.8 Å². The molecule has 2 aromatic carbocycles. The number of thioether (sulfide) groups is 1. The van der Waals surface area contributed by atoms with Crippen LogP contribution in [-0.2, 0) is 16.0 Å². The number of carbonyl (C=O) groups is 1. The number of unbranched alkanes of at least 4 members (excludes halogenated alkanes) is 2. The summed E-state index contributed by atoms with van der Waals surface area (Å²) in [6.07, 6.45) is 15.0. The zero-order chi connectivity index (χ0) is 37.9. The van der Waals surface area contributed by atoms with E-state index in [0.717, 1.165) is 73.2 Å². The Bertz CT molecular complexity index is 1780. The molecule has 0 radical (unpaired) electrons. The molecule has 1 aromatic heterocycles. The molecule has 6 atom stereocenters. The predicted molar refractivity (Wildman–Crippen MR) is 211 cm³/mol. The summed E-state index contributed by atoms with van der Waals surface area (Å²) in [5.74, 6) is 2.18. The number of pyridine rings is 1. The summed E-state index contributed by atoms with van der Waals surface area (Å²) in [6, 6.07) is 15.2. The van der Waals surface area contributed by atoms with Gasteiger partial charge in [-0.3, -0.25) is 9.78 Å². The highest BCUT2D eigenvalue weighted by Crippen LogP contribution is 2.62. The molecule has 6 unspecified atom stereocenters. The van der Waals surface area contributed by atoms with Crippen LogP contribution < -0.4 is 14.2 Å². The quantitative estimate of drug-likeness (QED) is 0.0508. The van der Waals surface area contributed by atoms with E-state index in [9.17, 15) is 15.0 Å². The zero-order valence-electron chi connectivity index (χ0n) is 31.2. The fourth-order valence-corrected chi connectivity index (χ4v) is 9.93. The van der Waals surface area contributed by atoms with Crippen molar-refractivity contribution in [3.63, 3.8) is 0 Å². The van der Waals surface area contributed by atoms with Crippen molar-refractivity contribution < 1.29 is 38.8 Å². The molecule has 3 aromatic rings. The highest BCUT2D eigenvalue weighted by Gasteiger charge is 2.63. The second kappa shape index (κ2) is 18.9. The van der Waals surface area contributed by atoms with Gasteiger partial charge in [0.15, 0.2) is 6.29 Å². The molecule has 0 bridgehead atoms. The number of benzene rings is 2. The Hall–Kier alpha value is -4.16. The second-order valence-electron chi connectivity index (χ2n) is 14.0. The monoisotopic (exact) mass is 756 g/mol. The number of allylic oxidation sites excluding steroid dienone is 1. The van der Waals surface area contributed by atoms with Gasteiger partial charge >= 0.3 is 0 Å². The lowest BCUT2D eigenvalue weighted by molar-refractivity contribution is -0.223. The third kappa shape index (κ3) is 8.54. The van der Waals surface area contributed by atoms with Gasteiger partial charge in [-0.25, -0.2) is 0 Å². The average Bonchev–Trinajstić information content (AvgIpc) is 3.19. The van der Waals surface area contributed by atoms with E-state index >= 15 is 0 Å². The lowest BCUT2D eigenvalue weighted by atomic mass is 9.56. The molecule has 2 heterocycles. The summed E-state index contributed by atoms with van der Waals surface area (Å²) in [5, 5.41) is 24.1. The normalized spacial score (nSPS) is 24.8. The van der Waals surface area contributed by atoms with Crippen LogP contribution in [0, 0.1) is 17.8 Å². The fraction of sp³-hybridized carbons (Fsp3) is 0.465. The number of ether oxygens (including phenoxy) is 4. The van der Waals surface area contributed by atoms with Crippen molar-refractivity contribution in [1.29, 1.82) is 0 Å². The number of methoxy groups -OCH3 is 1. The number of aldehydes is 1. The van der Waals surface area contributed by atoms with E-state index in [4.69, 9.17) is 23.8 Å². The molecule has 6 rings (SSSR count). The van der Waals surface area contributed by atoms with Crippen molar-refractivity contribution in [3.05, 3.63) is 102 Å². The Kier molecular flexibility index (Phi) is 13.9. The number of oxime groups is 1. The lowest BCUT2D eigenvalue weighted by Gasteiger charge is -2.58. The number of carbonyl (C=O) groups excluding carboxylic acids is 1. The highest BCUT2D eigenvalue weighted by molar-refractivity contribution is 8.00. The fourth-order valence-electron chi connectivity index (χ4n) is 8.52. The number of aliphatic hydroxyl groups is 2. The van der Waals surface area contributed by atoms with E-state index in [2.05, 4.69) is 28.9 Å². The predicted octanol–water partition coefficient (Wildman–Crippen LogP) is 7.93. The number of rotatable bonds is 20. The first-order valence-electron chi connectivity index (χ1n) is 18.9. The van der Waals surface area contributed by atoms with Crippen LogP contribution >= 0.6 is 11.8 Å². The van der Waals surface area contributed by atoms with Crippen LogP contribution in [-0.4, -0.2) is 78.0 Å². The van der Waals surface area contributed by atoms with Crippen LogP contribution in [0.5, 0.6) is 23.0 Å². The SMILES string of the molecule is C=CCOC12Oc3ccc(Oc4ccc(OC)c(C=O)c4)cc3C3C(CCCCO)C(CCCCO)C=C(C(=NOC)CC1SCCc1ccncc1)C32. The smallest absolute Gasteiger partial charge is 0.230 e. The Balaban J connectivity index is 1.49. The van der Waals surface area contributed by atoms with E-state index in [1.807, 2.05) is 48.4 Å². The molecule has 1 saturated carbocycles. The standard InChI is InChI=1S/C43H52N2O8S/c1-4-22-51-43-40(54-23-17-29-15-18-44-19-16-29)27-37(45-50-3)35-25-30(9-5-7-20-46)34(10-6-8-21-47)41(42(35)43)36-26-33(12-14-39(36)53-43)52-32-11-13-38(49-2)31(24-32)28-48/h4,11-16,18-19,24-26,28,30,34,40-42,46-47H,1,5-10,17,20-23,27H2,2-3H3. The maximum absolute atomic E-state index is 11.8. The maximum atomic E-state index is 11.8. The van der Waals surface area contributed by atoms with Crippen molar-refractivity contribution in [3.8, 4) is 23.0 Å². The minimum Gasteiger partial charge on any atom is -0.496 e. The number of nitrogens with zero attached hydrogens (tertiary/aromatic N) is 2. The van der Waals surface area contributed by atoms with Crippen molar-refractivity contribution in [2.75, 3.05) is 39.8 Å². The summed E-state index contributed by atoms with van der Waals surface area (Å²) in [4.78, 5) is 21.5. The third-order valence-electron chi connectivity index (χ3n) is 10.8. The van der Waals surface area contributed by atoms with Crippen LogP contribution in [0.15, 0.2) is 90.4 Å². The summed E-state index contributed by atoms with van der Waals surface area (Å²) in [7, 11) is 3.13. The Labute approximate surface area is 322 Å². The van der Waals surface area contributed by atoms with Crippen LogP contribution in [0.25, 0.3) is 0 Å². The van der Waals surface area contributed by atoms with Gasteiger partial charge in [0.1, 0.15) is 30.1 Å². The van der Waals surface area contributed by atoms with E-state index in [1.54, 1.807) is 31.4 Å². The Morgan fingerprint density at radius 2 is 1.78 bits per heavy atom. The Morgan fingerprint density at radius 1 is 1.02 bits per heavy atom. The molecule has 0 amide bonds. The van der Waals surface area contributed by atoms with Gasteiger partial charge in [-0.15, -0.1) is 6.58 Å². The first-order chi connectivity index (χ1) is 26.5. The average molecular weight is 757 g/mol. The van der Waals surface area contributed by atoms with Crippen LogP contribution in [0.4, 0.5) is 0 Å². The molecule has 0 spiro atoms. The molecular formula is C43H52N2O8S. The van der Waals surface area contributed by atoms with Gasteiger partial charge in [0.25, 0.3) is 0 Å². The molecule has 288 valence electrons. The number of hydrogen-bond acceptors (Lipinski definition) is 11. The molecule has 54 heavy (non-hydrogen) atoms. The van der Waals surface area contributed by atoms with Crippen molar-refractivity contribution in [2.45, 2.75) is 68.3 Å². The molecule has 1 aliphatic heterocycles. The number of hydrogen-bond donors (Lipinski definition) is 2. The minimum atomic E-state index is -1.05. The number of aliphatic hydroxyl groups excluding tert-OH is 2. The van der Waals surface area contributed by atoms with Gasteiger partial charge in [-0.05, 0) is 109 Å². The van der Waals surface area contributed by atoms with Gasteiger partial charge in [0.2, 0.25) is 5.79 Å². The Morgan fingerprint density at radius 3 is 2.50 bits per heavy atom. The van der Waals surface area contributed by atoms with Crippen LogP contribution in [0.2, 0.25) is 0 Å². The highest BCUT2D eigenvalue weighted by atomic mass is 32.2. The van der Waals surface area contributed by atoms with E-state index < -0.39 is 5.79 Å². The zero-order valence-corrected chi connectivity index (χ0v) is 32.0. The molecule has 1 fully saturated rings. The summed E-state index contributed by atoms with van der Waals surface area (Å²) < 4.78 is 26.0. The van der Waals surface area contributed by atoms with Gasteiger partial charge < -0.3 is 34.0 Å². The topological polar surface area (TPSA) is 129 Å². The first kappa shape index (κ1) is 39.5. The first-order valence-corrected chi connectivity index (χ1v) is 20.0. The number of fused-ring (bicyclic) bond motifs is 2. The molecule has 0 saturated heterocycles. The molecule has 11 heteroatoms. The van der Waals surface area contributed by atoms with Crippen molar-refractivity contribution >= 4 is 23.8 Å². The molecule has 2 aliphatic carbocycles. The van der Waals surface area contributed by atoms with Gasteiger partial charge in [-0.1, -0.05) is 30.1 Å². The van der Waals surface area contributed by atoms with E-state index in [0.29, 0.717) is 42.3 Å². The number of aromatic nitrogens is 1. The molecule has 2 N–H and O–H groups in total. The maximum Gasteiger partial charge on any atom is 0.230 e. The number of aryl methyl sites for hydroxylation is 1. The van der Waals surface area contributed by atoms with Crippen LogP contribution in [0.1, 0.15) is 72.3 Å². The molecule has 3 aliphatic rings. The van der Waals surface area contributed by atoms with Gasteiger partial charge in [0.05, 0.1) is 36.2 Å². The molecular weight excluding hydrogens is 705 g/mol. The van der Waals surface area contributed by atoms with Crippen molar-refractivity contribution in [2.24, 2.45) is 22.9 Å². The summed E-state index contributed by atoms with van der Waals surface area (Å²) in [6.45, 7) is 4.60. The second-order valence-corrected chi connectivity index (χ2v) is 15.3. The summed E-state index contributed by atoms with van der Waals surface area (Å²) >= 11 is 1.83. The lowest BCUT2D eigenvalue weighted by Crippen LogP contribution is -2.64. The van der Waals surface area contributed by atoms with Gasteiger partial charge in [0, 0.05) is 43.5 Å².